The summed E-state index contributed by atoms with van der Waals surface area (Å²) in [5.41, 5.74) is 0.289. The van der Waals surface area contributed by atoms with E-state index < -0.39 is 51.8 Å². The van der Waals surface area contributed by atoms with Crippen molar-refractivity contribution in [1.82, 2.24) is 19.9 Å². The van der Waals surface area contributed by atoms with Crippen molar-refractivity contribution in [3.63, 3.8) is 0 Å². The molecule has 1 aromatic carbocycles. The van der Waals surface area contributed by atoms with Crippen LogP contribution in [0.1, 0.15) is 18.2 Å². The fraction of sp³-hybridized carbons (Fsp3) is 0.400. The van der Waals surface area contributed by atoms with E-state index in [1.165, 1.54) is 31.2 Å². The molecular weight excluding hydrogens is 449 g/mol. The number of aromatic nitrogens is 1. The molecule has 3 heterocycles. The number of carbonyl (C=O) groups is 1. The Morgan fingerprint density at radius 2 is 2.06 bits per heavy atom. The summed E-state index contributed by atoms with van der Waals surface area (Å²) in [6.07, 6.45) is -1.89. The van der Waals surface area contributed by atoms with Gasteiger partial charge >= 0.3 is 6.03 Å². The highest BCUT2D eigenvalue weighted by Crippen LogP contribution is 2.31. The highest BCUT2D eigenvalue weighted by Gasteiger charge is 2.46. The Balaban J connectivity index is 1.78. The second-order valence-electron chi connectivity index (χ2n) is 7.57. The predicted molar refractivity (Wildman–Crippen MR) is 108 cm³/mol. The van der Waals surface area contributed by atoms with Crippen LogP contribution >= 0.6 is 0 Å². The first-order valence-corrected chi connectivity index (χ1v) is 11.6. The smallest absolute Gasteiger partial charge is 0.318 e. The molecule has 0 unspecified atom stereocenters. The molecule has 2 aromatic rings. The molecule has 2 aliphatic heterocycles. The number of pyridine rings is 1. The third-order valence-corrected chi connectivity index (χ3v) is 6.89. The van der Waals surface area contributed by atoms with Gasteiger partial charge in [0.2, 0.25) is 10.0 Å². The summed E-state index contributed by atoms with van der Waals surface area (Å²) in [5, 5.41) is 2.57. The van der Waals surface area contributed by atoms with Crippen LogP contribution in [0.25, 0.3) is 0 Å². The summed E-state index contributed by atoms with van der Waals surface area (Å²) in [6, 6.07) is 3.61. The topological polar surface area (TPSA) is 101 Å². The number of hydrogen-bond donors (Lipinski definition) is 2. The molecule has 0 radical (unpaired) electrons. The van der Waals surface area contributed by atoms with Crippen molar-refractivity contribution in [2.24, 2.45) is 0 Å². The van der Waals surface area contributed by atoms with E-state index >= 15 is 4.39 Å². The van der Waals surface area contributed by atoms with Crippen LogP contribution in [-0.2, 0) is 23.0 Å². The molecule has 2 N–H and O–H groups in total. The Hall–Kier alpha value is -2.86. The number of nitrogens with zero attached hydrogens (tertiary/aromatic N) is 2. The van der Waals surface area contributed by atoms with Gasteiger partial charge in [-0.3, -0.25) is 0 Å². The van der Waals surface area contributed by atoms with Crippen LogP contribution in [0.2, 0.25) is 0 Å². The van der Waals surface area contributed by atoms with Crippen molar-refractivity contribution in [2.45, 2.75) is 38.1 Å². The van der Waals surface area contributed by atoms with Crippen LogP contribution in [0.3, 0.4) is 0 Å². The number of nitrogens with one attached hydrogen (secondary N) is 2. The average Bonchev–Trinajstić information content (AvgIpc) is 3.05. The number of fused-ring (bicyclic) bond motifs is 5. The van der Waals surface area contributed by atoms with Crippen molar-refractivity contribution < 1.29 is 31.1 Å². The quantitative estimate of drug-likeness (QED) is 0.717. The molecule has 4 rings (SSSR count). The molecule has 8 nitrogen and oxygen atoms in total. The van der Waals surface area contributed by atoms with Gasteiger partial charge in [-0.1, -0.05) is 12.1 Å². The van der Waals surface area contributed by atoms with Crippen LogP contribution in [0, 0.1) is 11.6 Å². The van der Waals surface area contributed by atoms with Crippen molar-refractivity contribution in [3.8, 4) is 11.6 Å². The number of benzene rings is 1. The maximum Gasteiger partial charge on any atom is 0.318 e. The van der Waals surface area contributed by atoms with Gasteiger partial charge in [-0.2, -0.15) is 0 Å². The van der Waals surface area contributed by atoms with Crippen molar-refractivity contribution in [1.29, 1.82) is 0 Å². The van der Waals surface area contributed by atoms with E-state index in [1.54, 1.807) is 0 Å². The third-order valence-electron chi connectivity index (χ3n) is 5.50. The predicted octanol–water partition coefficient (Wildman–Crippen LogP) is 2.25. The van der Waals surface area contributed by atoms with Crippen molar-refractivity contribution >= 4 is 16.1 Å². The molecule has 1 aromatic heterocycles. The standard InChI is InChI=1S/C20H21F3N4O4S/c1-2-32(29,30)26-18-14(22)10-27-15(18)8-11-4-3-5-16(17(11)23)31-19-13(21)7-6-12(25-19)9-24-20(27)28/h3-7,14-15,18,26H,2,8-10H2,1H3,(H,24,28)/t14-,15-,18-/m0/s1. The lowest BCUT2D eigenvalue weighted by Crippen LogP contribution is -2.51. The molecule has 1 saturated heterocycles. The van der Waals surface area contributed by atoms with Gasteiger partial charge in [0, 0.05) is 0 Å². The lowest BCUT2D eigenvalue weighted by Gasteiger charge is -2.28. The lowest BCUT2D eigenvalue weighted by molar-refractivity contribution is 0.187. The zero-order chi connectivity index (χ0) is 23.0. The number of ether oxygens (including phenoxy) is 1. The van der Waals surface area contributed by atoms with E-state index in [0.29, 0.717) is 0 Å². The van der Waals surface area contributed by atoms with E-state index in [9.17, 15) is 22.0 Å². The summed E-state index contributed by atoms with van der Waals surface area (Å²) in [4.78, 5) is 18.0. The molecular formula is C20H21F3N4O4S. The highest BCUT2D eigenvalue weighted by atomic mass is 32.2. The number of urea groups is 1. The Morgan fingerprint density at radius 1 is 1.28 bits per heavy atom. The SMILES string of the molecule is CCS(=O)(=O)N[C@H]1[C@@H](F)CN2C(=O)NCc3ccc(F)c(n3)Oc3cccc(c3F)C[C@@H]12. The van der Waals surface area contributed by atoms with Gasteiger partial charge in [0.05, 0.1) is 36.6 Å². The van der Waals surface area contributed by atoms with E-state index in [2.05, 4.69) is 15.0 Å². The van der Waals surface area contributed by atoms with Crippen LogP contribution in [-0.4, -0.2) is 54.9 Å². The van der Waals surface area contributed by atoms with Gasteiger partial charge < -0.3 is 15.0 Å². The summed E-state index contributed by atoms with van der Waals surface area (Å²) in [6.45, 7) is 0.897. The van der Waals surface area contributed by atoms with Crippen molar-refractivity contribution in [2.75, 3.05) is 12.3 Å². The first-order chi connectivity index (χ1) is 15.2. The van der Waals surface area contributed by atoms with E-state index in [4.69, 9.17) is 4.74 Å². The fourth-order valence-electron chi connectivity index (χ4n) is 3.81. The van der Waals surface area contributed by atoms with Gasteiger partial charge in [0.25, 0.3) is 5.88 Å². The van der Waals surface area contributed by atoms with Crippen LogP contribution in [0.5, 0.6) is 11.6 Å². The molecule has 3 atom stereocenters. The lowest BCUT2D eigenvalue weighted by atomic mass is 9.99. The van der Waals surface area contributed by atoms with Gasteiger partial charge in [0.1, 0.15) is 6.17 Å². The highest BCUT2D eigenvalue weighted by molar-refractivity contribution is 7.89. The number of hydrogen-bond acceptors (Lipinski definition) is 5. The number of amides is 2. The molecule has 4 bridgehead atoms. The van der Waals surface area contributed by atoms with Gasteiger partial charge in [-0.25, -0.2) is 36.1 Å². The Bertz CT molecular complexity index is 1150. The number of alkyl halides is 1. The second kappa shape index (κ2) is 8.58. The average molecular weight is 470 g/mol. The van der Waals surface area contributed by atoms with Gasteiger partial charge in [-0.05, 0) is 37.1 Å². The summed E-state index contributed by atoms with van der Waals surface area (Å²) in [5.74, 6) is -2.67. The first kappa shape index (κ1) is 22.3. The zero-order valence-corrected chi connectivity index (χ0v) is 17.8. The number of carbonyl (C=O) groups excluding carboxylic acids is 1. The van der Waals surface area contributed by atoms with Crippen LogP contribution in [0.15, 0.2) is 30.3 Å². The minimum Gasteiger partial charge on any atom is -0.433 e. The molecule has 2 aliphatic rings. The molecule has 1 fully saturated rings. The van der Waals surface area contributed by atoms with Gasteiger partial charge in [-0.15, -0.1) is 0 Å². The van der Waals surface area contributed by atoms with E-state index in [0.717, 1.165) is 11.0 Å². The molecule has 2 amide bonds. The molecule has 0 aliphatic carbocycles. The Kier molecular flexibility index (Phi) is 5.99. The number of halogens is 3. The molecule has 0 saturated carbocycles. The van der Waals surface area contributed by atoms with Crippen molar-refractivity contribution in [3.05, 3.63) is 53.2 Å². The molecule has 32 heavy (non-hydrogen) atoms. The maximum absolute atomic E-state index is 15.2. The summed E-state index contributed by atoms with van der Waals surface area (Å²) >= 11 is 0. The fourth-order valence-corrected chi connectivity index (χ4v) is 4.69. The minimum absolute atomic E-state index is 0.0518. The minimum atomic E-state index is -3.80. The van der Waals surface area contributed by atoms with E-state index in [1.807, 2.05) is 0 Å². The normalized spacial score (nSPS) is 23.3. The Labute approximate surface area is 182 Å². The third kappa shape index (κ3) is 4.37. The zero-order valence-electron chi connectivity index (χ0n) is 17.0. The molecule has 0 spiro atoms. The maximum atomic E-state index is 15.2. The number of rotatable bonds is 3. The molecule has 172 valence electrons. The largest absolute Gasteiger partial charge is 0.433 e. The summed E-state index contributed by atoms with van der Waals surface area (Å²) in [7, 11) is -3.80. The second-order valence-corrected chi connectivity index (χ2v) is 9.61. The Morgan fingerprint density at radius 3 is 2.81 bits per heavy atom. The van der Waals surface area contributed by atoms with Crippen LogP contribution in [0.4, 0.5) is 18.0 Å². The first-order valence-electron chi connectivity index (χ1n) is 9.97. The summed E-state index contributed by atoms with van der Waals surface area (Å²) < 4.78 is 76.1. The van der Waals surface area contributed by atoms with E-state index in [-0.39, 0.29) is 42.3 Å². The van der Waals surface area contributed by atoms with Crippen LogP contribution < -0.4 is 14.8 Å². The van der Waals surface area contributed by atoms with Gasteiger partial charge in [0.15, 0.2) is 17.4 Å². The molecule has 12 heteroatoms. The monoisotopic (exact) mass is 470 g/mol. The number of sulfonamides is 1.